The van der Waals surface area contributed by atoms with Gasteiger partial charge in [0.15, 0.2) is 0 Å². The van der Waals surface area contributed by atoms with Crippen LogP contribution in [0.5, 0.6) is 0 Å². The summed E-state index contributed by atoms with van der Waals surface area (Å²) in [5.41, 5.74) is 5.51. The van der Waals surface area contributed by atoms with Crippen molar-refractivity contribution in [3.8, 4) is 0 Å². The molecule has 1 unspecified atom stereocenters. The summed E-state index contributed by atoms with van der Waals surface area (Å²) in [6, 6.07) is 39.0. The van der Waals surface area contributed by atoms with Crippen LogP contribution in [0.1, 0.15) is 37.9 Å². The fourth-order valence-corrected chi connectivity index (χ4v) is 6.15. The molecule has 1 atom stereocenters. The van der Waals surface area contributed by atoms with Crippen molar-refractivity contribution >= 4 is 62.9 Å². The van der Waals surface area contributed by atoms with Crippen LogP contribution in [0.15, 0.2) is 142 Å². The molecule has 0 spiro atoms. The van der Waals surface area contributed by atoms with Gasteiger partial charge < -0.3 is 16.0 Å². The predicted octanol–water partition coefficient (Wildman–Crippen LogP) is 8.95. The maximum atomic E-state index is 13.7. The molecule has 3 N–H and O–H groups in total. The van der Waals surface area contributed by atoms with Gasteiger partial charge in [0.25, 0.3) is 11.8 Å². The lowest BCUT2D eigenvalue weighted by Crippen LogP contribution is -2.30. The number of rotatable bonds is 10. The summed E-state index contributed by atoms with van der Waals surface area (Å²) in [4.78, 5) is 41.1. The van der Waals surface area contributed by atoms with Crippen molar-refractivity contribution in [3.05, 3.63) is 165 Å². The molecule has 0 aromatic heterocycles. The van der Waals surface area contributed by atoms with Gasteiger partial charge in [-0.15, -0.1) is 11.8 Å². The SMILES string of the molecule is Cc1cc(C)cc(NC(=O)C(Sc2cccc(NC(=O)/C(=C/c3ccc(Br)cc3)NC(=O)c3ccccc3)c2)c2ccccc2)c1. The van der Waals surface area contributed by atoms with Gasteiger partial charge in [-0.2, -0.15) is 0 Å². The van der Waals surface area contributed by atoms with E-state index in [-0.39, 0.29) is 11.6 Å². The van der Waals surface area contributed by atoms with Crippen molar-refractivity contribution in [1.29, 1.82) is 0 Å². The van der Waals surface area contributed by atoms with E-state index in [9.17, 15) is 14.4 Å². The van der Waals surface area contributed by atoms with Gasteiger partial charge in [-0.05, 0) is 96.8 Å². The summed E-state index contributed by atoms with van der Waals surface area (Å²) in [5.74, 6) is -1.04. The first-order valence-corrected chi connectivity index (χ1v) is 16.3. The van der Waals surface area contributed by atoms with E-state index >= 15 is 0 Å². The second kappa shape index (κ2) is 15.4. The molecule has 0 bridgehead atoms. The van der Waals surface area contributed by atoms with E-state index in [1.54, 1.807) is 36.4 Å². The van der Waals surface area contributed by atoms with Gasteiger partial charge in [0.05, 0.1) is 0 Å². The Hall–Kier alpha value is -4.92. The zero-order valence-corrected chi connectivity index (χ0v) is 27.7. The minimum atomic E-state index is -0.550. The van der Waals surface area contributed by atoms with Gasteiger partial charge >= 0.3 is 0 Å². The lowest BCUT2D eigenvalue weighted by molar-refractivity contribution is -0.116. The van der Waals surface area contributed by atoms with E-state index < -0.39 is 17.1 Å². The van der Waals surface area contributed by atoms with Crippen LogP contribution in [0.3, 0.4) is 0 Å². The third-order valence-corrected chi connectivity index (χ3v) is 8.66. The summed E-state index contributed by atoms with van der Waals surface area (Å²) < 4.78 is 0.898. The zero-order chi connectivity index (χ0) is 32.5. The van der Waals surface area contributed by atoms with E-state index in [0.29, 0.717) is 11.3 Å². The Labute approximate surface area is 281 Å². The molecule has 46 heavy (non-hydrogen) atoms. The lowest BCUT2D eigenvalue weighted by atomic mass is 10.1. The van der Waals surface area contributed by atoms with Crippen molar-refractivity contribution in [2.45, 2.75) is 24.0 Å². The molecule has 0 saturated carbocycles. The van der Waals surface area contributed by atoms with Crippen LogP contribution in [0.2, 0.25) is 0 Å². The number of carbonyl (C=O) groups excluding carboxylic acids is 3. The molecule has 0 saturated heterocycles. The van der Waals surface area contributed by atoms with Crippen molar-refractivity contribution in [2.24, 2.45) is 0 Å². The first kappa shape index (κ1) is 32.5. The van der Waals surface area contributed by atoms with Crippen LogP contribution < -0.4 is 16.0 Å². The van der Waals surface area contributed by atoms with E-state index in [2.05, 4.69) is 37.9 Å². The third kappa shape index (κ3) is 9.06. The molecular formula is C38H32BrN3O3S. The van der Waals surface area contributed by atoms with Crippen LogP contribution in [0.25, 0.3) is 6.08 Å². The van der Waals surface area contributed by atoms with Crippen LogP contribution >= 0.6 is 27.7 Å². The topological polar surface area (TPSA) is 87.3 Å². The van der Waals surface area contributed by atoms with Crippen LogP contribution in [-0.4, -0.2) is 17.7 Å². The number of thioether (sulfide) groups is 1. The van der Waals surface area contributed by atoms with Crippen LogP contribution in [0, 0.1) is 13.8 Å². The van der Waals surface area contributed by atoms with E-state index in [1.165, 1.54) is 11.8 Å². The summed E-state index contributed by atoms with van der Waals surface area (Å²) >= 11 is 4.82. The number of anilines is 2. The first-order chi connectivity index (χ1) is 22.2. The van der Waals surface area contributed by atoms with Gasteiger partial charge in [0.2, 0.25) is 5.91 Å². The molecule has 0 fully saturated rings. The van der Waals surface area contributed by atoms with Gasteiger partial charge in [0, 0.05) is 26.3 Å². The lowest BCUT2D eigenvalue weighted by Gasteiger charge is -2.18. The number of amides is 3. The molecule has 5 aromatic rings. The Balaban J connectivity index is 1.37. The molecule has 5 rings (SSSR count). The number of hydrogen-bond acceptors (Lipinski definition) is 4. The van der Waals surface area contributed by atoms with Gasteiger partial charge in [-0.1, -0.05) is 88.7 Å². The van der Waals surface area contributed by atoms with Crippen molar-refractivity contribution < 1.29 is 14.4 Å². The highest BCUT2D eigenvalue weighted by molar-refractivity contribution is 9.10. The Kier molecular flexibility index (Phi) is 10.9. The summed E-state index contributed by atoms with van der Waals surface area (Å²) in [6.45, 7) is 4.00. The number of carbonyl (C=O) groups is 3. The largest absolute Gasteiger partial charge is 0.325 e. The molecule has 0 aliphatic heterocycles. The van der Waals surface area contributed by atoms with E-state index in [4.69, 9.17) is 0 Å². The van der Waals surface area contributed by atoms with Gasteiger partial charge in [-0.3, -0.25) is 14.4 Å². The van der Waals surface area contributed by atoms with Crippen LogP contribution in [0.4, 0.5) is 11.4 Å². The first-order valence-electron chi connectivity index (χ1n) is 14.6. The Morgan fingerprint density at radius 1 is 0.696 bits per heavy atom. The molecule has 0 radical (unpaired) electrons. The third-order valence-electron chi connectivity index (χ3n) is 6.89. The molecule has 3 amide bonds. The highest BCUT2D eigenvalue weighted by atomic mass is 79.9. The molecule has 0 aliphatic carbocycles. The van der Waals surface area contributed by atoms with Gasteiger partial charge in [0.1, 0.15) is 10.9 Å². The Morgan fingerprint density at radius 2 is 1.35 bits per heavy atom. The average molecular weight is 691 g/mol. The monoisotopic (exact) mass is 689 g/mol. The number of benzene rings is 5. The number of nitrogens with one attached hydrogen (secondary N) is 3. The number of halogens is 1. The second-order valence-corrected chi connectivity index (χ2v) is 12.8. The van der Waals surface area contributed by atoms with E-state index in [1.807, 2.05) is 105 Å². The quantitative estimate of drug-likeness (QED) is 0.101. The van der Waals surface area contributed by atoms with Crippen LogP contribution in [-0.2, 0) is 9.59 Å². The minimum Gasteiger partial charge on any atom is -0.325 e. The molecule has 230 valence electrons. The molecule has 0 aliphatic rings. The molecule has 6 nitrogen and oxygen atoms in total. The average Bonchev–Trinajstić information content (AvgIpc) is 3.04. The molecular weight excluding hydrogens is 658 g/mol. The summed E-state index contributed by atoms with van der Waals surface area (Å²) in [6.07, 6.45) is 1.63. The number of aryl methyl sites for hydroxylation is 2. The summed E-state index contributed by atoms with van der Waals surface area (Å²) in [7, 11) is 0. The maximum absolute atomic E-state index is 13.7. The summed E-state index contributed by atoms with van der Waals surface area (Å²) in [5, 5.41) is 8.22. The van der Waals surface area contributed by atoms with Crippen molar-refractivity contribution in [3.63, 3.8) is 0 Å². The second-order valence-electron chi connectivity index (χ2n) is 10.7. The highest BCUT2D eigenvalue weighted by Crippen LogP contribution is 2.37. The Morgan fingerprint density at radius 3 is 2.02 bits per heavy atom. The Bertz CT molecular complexity index is 1860. The normalized spacial score (nSPS) is 11.8. The standard InChI is InChI=1S/C38H32BrN3O3S/c1-25-20-26(2)22-32(21-25)41-38(45)35(28-10-5-3-6-11-28)46-33-15-9-14-31(24-33)40-37(44)34(23-27-16-18-30(39)19-17-27)42-36(43)29-12-7-4-8-13-29/h3-24,35H,1-2H3,(H,40,44)(H,41,45)(H,42,43)/b34-23-. The molecule has 8 heteroatoms. The predicted molar refractivity (Wildman–Crippen MR) is 191 cm³/mol. The highest BCUT2D eigenvalue weighted by Gasteiger charge is 2.23. The smallest absolute Gasteiger partial charge is 0.272 e. The van der Waals surface area contributed by atoms with Crippen molar-refractivity contribution in [1.82, 2.24) is 5.32 Å². The van der Waals surface area contributed by atoms with Gasteiger partial charge in [-0.25, -0.2) is 0 Å². The molecule has 0 heterocycles. The van der Waals surface area contributed by atoms with Crippen molar-refractivity contribution in [2.75, 3.05) is 10.6 Å². The maximum Gasteiger partial charge on any atom is 0.272 e. The minimum absolute atomic E-state index is 0.0872. The van der Waals surface area contributed by atoms with E-state index in [0.717, 1.165) is 37.3 Å². The fourth-order valence-electron chi connectivity index (χ4n) is 4.81. The molecule has 5 aromatic carbocycles. The fraction of sp³-hybridized carbons (Fsp3) is 0.0789. The zero-order valence-electron chi connectivity index (χ0n) is 25.3. The number of hydrogen-bond donors (Lipinski definition) is 3.